The van der Waals surface area contributed by atoms with Crippen LogP contribution in [0, 0.1) is 0 Å². The largest absolute Gasteiger partial charge is 0.465 e. The summed E-state index contributed by atoms with van der Waals surface area (Å²) in [4.78, 5) is 15.3. The molecule has 0 radical (unpaired) electrons. The molecule has 0 aliphatic carbocycles. The molecule has 2 aromatic heterocycles. The number of esters is 1. The molecular weight excluding hydrogens is 220 g/mol. The molecule has 0 bridgehead atoms. The fourth-order valence-electron chi connectivity index (χ4n) is 1.39. The lowest BCUT2D eigenvalue weighted by molar-refractivity contribution is 0.0600. The van der Waals surface area contributed by atoms with Crippen LogP contribution in [0.5, 0.6) is 0 Å². The van der Waals surface area contributed by atoms with E-state index in [4.69, 9.17) is 5.73 Å². The van der Waals surface area contributed by atoms with Crippen molar-refractivity contribution in [2.45, 2.75) is 6.54 Å². The Morgan fingerprint density at radius 2 is 2.29 bits per heavy atom. The number of hydrogen-bond donors (Lipinski definition) is 1. The Bertz CT molecular complexity index is 519. The maximum Gasteiger partial charge on any atom is 0.339 e. The minimum absolute atomic E-state index is 0.396. The number of hydrogen-bond acceptors (Lipinski definition) is 5. The van der Waals surface area contributed by atoms with Gasteiger partial charge in [-0.1, -0.05) is 0 Å². The predicted molar refractivity (Wildman–Crippen MR) is 61.3 cm³/mol. The van der Waals surface area contributed by atoms with Crippen molar-refractivity contribution in [2.24, 2.45) is 0 Å². The number of nitrogens with zero attached hydrogens (tertiary/aromatic N) is 3. The van der Waals surface area contributed by atoms with Crippen LogP contribution < -0.4 is 5.73 Å². The Morgan fingerprint density at radius 3 is 2.82 bits per heavy atom. The van der Waals surface area contributed by atoms with E-state index in [1.54, 1.807) is 29.1 Å². The highest BCUT2D eigenvalue weighted by Gasteiger charge is 2.05. The molecule has 2 N–H and O–H groups in total. The second-order valence-corrected chi connectivity index (χ2v) is 3.47. The number of ether oxygens (including phenoxy) is 1. The molecule has 0 spiro atoms. The summed E-state index contributed by atoms with van der Waals surface area (Å²) in [5.74, 6) is 0.0727. The molecule has 2 rings (SSSR count). The van der Waals surface area contributed by atoms with Crippen LogP contribution in [0.4, 0.5) is 5.82 Å². The molecule has 6 heteroatoms. The average Bonchev–Trinajstić information content (AvgIpc) is 2.75. The van der Waals surface area contributed by atoms with Crippen molar-refractivity contribution in [2.75, 3.05) is 12.8 Å². The van der Waals surface area contributed by atoms with Crippen molar-refractivity contribution in [1.82, 2.24) is 14.8 Å². The van der Waals surface area contributed by atoms with Gasteiger partial charge in [0.2, 0.25) is 0 Å². The van der Waals surface area contributed by atoms with Gasteiger partial charge in [0.15, 0.2) is 0 Å². The molecule has 0 aliphatic heterocycles. The maximum atomic E-state index is 11.2. The number of methoxy groups -OCH3 is 1. The number of aromatic nitrogens is 3. The van der Waals surface area contributed by atoms with E-state index >= 15 is 0 Å². The Balaban J connectivity index is 2.10. The van der Waals surface area contributed by atoms with Gasteiger partial charge in [0.1, 0.15) is 5.82 Å². The van der Waals surface area contributed by atoms with Gasteiger partial charge < -0.3 is 10.5 Å². The molecule has 0 atom stereocenters. The molecule has 0 aromatic carbocycles. The van der Waals surface area contributed by atoms with Crippen molar-refractivity contribution in [3.8, 4) is 0 Å². The SMILES string of the molecule is COC(=O)c1ccc(Cn2ccc(N)n2)nc1. The molecule has 2 aromatic rings. The van der Waals surface area contributed by atoms with Gasteiger partial charge in [-0.25, -0.2) is 4.79 Å². The molecule has 88 valence electrons. The number of carbonyl (C=O) groups excluding carboxylic acids is 1. The lowest BCUT2D eigenvalue weighted by Gasteiger charge is -2.02. The molecular formula is C11H12N4O2. The highest BCUT2D eigenvalue weighted by molar-refractivity contribution is 5.88. The summed E-state index contributed by atoms with van der Waals surface area (Å²) >= 11 is 0. The van der Waals surface area contributed by atoms with Gasteiger partial charge in [0, 0.05) is 12.4 Å². The fourth-order valence-corrected chi connectivity index (χ4v) is 1.39. The molecule has 17 heavy (non-hydrogen) atoms. The van der Waals surface area contributed by atoms with Gasteiger partial charge in [0.25, 0.3) is 0 Å². The summed E-state index contributed by atoms with van der Waals surface area (Å²) in [5, 5.41) is 4.04. The van der Waals surface area contributed by atoms with Gasteiger partial charge in [0.05, 0.1) is 24.9 Å². The number of carbonyl (C=O) groups is 1. The fraction of sp³-hybridized carbons (Fsp3) is 0.182. The minimum atomic E-state index is -0.396. The van der Waals surface area contributed by atoms with Crippen molar-refractivity contribution in [3.05, 3.63) is 41.9 Å². The van der Waals surface area contributed by atoms with Gasteiger partial charge >= 0.3 is 5.97 Å². The van der Waals surface area contributed by atoms with E-state index in [0.29, 0.717) is 17.9 Å². The number of anilines is 1. The van der Waals surface area contributed by atoms with Crippen LogP contribution in [0.25, 0.3) is 0 Å². The first-order chi connectivity index (χ1) is 8.19. The van der Waals surface area contributed by atoms with Crippen LogP contribution in [0.2, 0.25) is 0 Å². The van der Waals surface area contributed by atoms with Gasteiger partial charge in [-0.15, -0.1) is 0 Å². The second kappa shape index (κ2) is 4.65. The van der Waals surface area contributed by atoms with Crippen LogP contribution in [0.3, 0.4) is 0 Å². The summed E-state index contributed by atoms with van der Waals surface area (Å²) < 4.78 is 6.26. The molecule has 0 fully saturated rings. The second-order valence-electron chi connectivity index (χ2n) is 3.47. The highest BCUT2D eigenvalue weighted by atomic mass is 16.5. The van der Waals surface area contributed by atoms with Crippen LogP contribution >= 0.6 is 0 Å². The lowest BCUT2D eigenvalue weighted by Crippen LogP contribution is -2.06. The minimum Gasteiger partial charge on any atom is -0.465 e. The third-order valence-electron chi connectivity index (χ3n) is 2.23. The molecule has 6 nitrogen and oxygen atoms in total. The summed E-state index contributed by atoms with van der Waals surface area (Å²) in [6.45, 7) is 0.513. The zero-order valence-electron chi connectivity index (χ0n) is 9.33. The first-order valence-corrected chi connectivity index (χ1v) is 5.01. The van der Waals surface area contributed by atoms with E-state index in [-0.39, 0.29) is 0 Å². The quantitative estimate of drug-likeness (QED) is 0.787. The zero-order valence-corrected chi connectivity index (χ0v) is 9.33. The van der Waals surface area contributed by atoms with Crippen LogP contribution in [0.15, 0.2) is 30.6 Å². The number of nitrogens with two attached hydrogens (primary N) is 1. The highest BCUT2D eigenvalue weighted by Crippen LogP contribution is 2.04. The van der Waals surface area contributed by atoms with Gasteiger partial charge in [-0.3, -0.25) is 9.67 Å². The van der Waals surface area contributed by atoms with Gasteiger partial charge in [-0.2, -0.15) is 5.10 Å². The van der Waals surface area contributed by atoms with E-state index < -0.39 is 5.97 Å². The van der Waals surface area contributed by atoms with E-state index in [1.807, 2.05) is 0 Å². The van der Waals surface area contributed by atoms with Gasteiger partial charge in [-0.05, 0) is 18.2 Å². The van der Waals surface area contributed by atoms with E-state index in [1.165, 1.54) is 13.3 Å². The van der Waals surface area contributed by atoms with Crippen molar-refractivity contribution in [1.29, 1.82) is 0 Å². The first kappa shape index (κ1) is 11.1. The zero-order chi connectivity index (χ0) is 12.3. The third kappa shape index (κ3) is 2.60. The lowest BCUT2D eigenvalue weighted by atomic mass is 10.2. The summed E-state index contributed by atoms with van der Waals surface area (Å²) in [7, 11) is 1.34. The smallest absolute Gasteiger partial charge is 0.339 e. The summed E-state index contributed by atoms with van der Waals surface area (Å²) in [5.41, 5.74) is 6.72. The Kier molecular flexibility index (Phi) is 3.04. The molecule has 0 unspecified atom stereocenters. The maximum absolute atomic E-state index is 11.2. The first-order valence-electron chi connectivity index (χ1n) is 5.01. The Morgan fingerprint density at radius 1 is 1.47 bits per heavy atom. The van der Waals surface area contributed by atoms with E-state index in [0.717, 1.165) is 5.69 Å². The Hall–Kier alpha value is -2.37. The molecule has 0 amide bonds. The average molecular weight is 232 g/mol. The number of nitrogen functional groups attached to an aromatic ring is 1. The van der Waals surface area contributed by atoms with Crippen LogP contribution in [-0.2, 0) is 11.3 Å². The van der Waals surface area contributed by atoms with E-state index in [2.05, 4.69) is 14.8 Å². The van der Waals surface area contributed by atoms with Crippen molar-refractivity contribution in [3.63, 3.8) is 0 Å². The number of pyridine rings is 1. The topological polar surface area (TPSA) is 83.0 Å². The van der Waals surface area contributed by atoms with Crippen LogP contribution in [-0.4, -0.2) is 27.8 Å². The normalized spacial score (nSPS) is 10.2. The van der Waals surface area contributed by atoms with Crippen molar-refractivity contribution >= 4 is 11.8 Å². The monoisotopic (exact) mass is 232 g/mol. The summed E-state index contributed by atoms with van der Waals surface area (Å²) in [6.07, 6.45) is 3.25. The molecule has 0 saturated heterocycles. The Labute approximate surface area is 98.0 Å². The molecule has 2 heterocycles. The van der Waals surface area contributed by atoms with Crippen LogP contribution in [0.1, 0.15) is 16.1 Å². The standard InChI is InChI=1S/C11H12N4O2/c1-17-11(16)8-2-3-9(13-6-8)7-15-5-4-10(12)14-15/h2-6H,7H2,1H3,(H2,12,14). The molecule has 0 aliphatic rings. The third-order valence-corrected chi connectivity index (χ3v) is 2.23. The predicted octanol–water partition coefficient (Wildman–Crippen LogP) is 0.695. The molecule has 0 saturated carbocycles. The number of rotatable bonds is 3. The van der Waals surface area contributed by atoms with E-state index in [9.17, 15) is 4.79 Å². The summed E-state index contributed by atoms with van der Waals surface area (Å²) in [6, 6.07) is 5.13. The van der Waals surface area contributed by atoms with Crippen molar-refractivity contribution < 1.29 is 9.53 Å².